The SMILES string of the molecule is CCCN=NC1CC1. The normalized spacial score (nSPS) is 20.1. The molecule has 0 atom stereocenters. The Bertz CT molecular complexity index is 84.5. The smallest absolute Gasteiger partial charge is 0.0709 e. The van der Waals surface area contributed by atoms with Gasteiger partial charge in [-0.3, -0.25) is 0 Å². The second-order valence-corrected chi connectivity index (χ2v) is 2.21. The van der Waals surface area contributed by atoms with Crippen molar-refractivity contribution in [1.82, 2.24) is 0 Å². The molecule has 1 rings (SSSR count). The fourth-order valence-electron chi connectivity index (χ4n) is 0.463. The van der Waals surface area contributed by atoms with Crippen molar-refractivity contribution in [2.75, 3.05) is 6.54 Å². The lowest BCUT2D eigenvalue weighted by Crippen LogP contribution is -1.74. The van der Waals surface area contributed by atoms with E-state index in [4.69, 9.17) is 0 Å². The van der Waals surface area contributed by atoms with E-state index in [2.05, 4.69) is 17.2 Å². The molecule has 0 N–H and O–H groups in total. The molecule has 0 saturated heterocycles. The van der Waals surface area contributed by atoms with Crippen LogP contribution in [0.25, 0.3) is 0 Å². The summed E-state index contributed by atoms with van der Waals surface area (Å²) in [7, 11) is 0. The summed E-state index contributed by atoms with van der Waals surface area (Å²) in [5.41, 5.74) is 0. The molecule has 0 unspecified atom stereocenters. The summed E-state index contributed by atoms with van der Waals surface area (Å²) >= 11 is 0. The van der Waals surface area contributed by atoms with Gasteiger partial charge >= 0.3 is 0 Å². The van der Waals surface area contributed by atoms with Gasteiger partial charge in [-0.15, -0.1) is 0 Å². The van der Waals surface area contributed by atoms with Crippen LogP contribution in [-0.2, 0) is 0 Å². The molecule has 0 aliphatic heterocycles. The minimum Gasteiger partial charge on any atom is -0.194 e. The summed E-state index contributed by atoms with van der Waals surface area (Å²) in [6.07, 6.45) is 3.66. The Hall–Kier alpha value is -0.400. The Labute approximate surface area is 50.0 Å². The largest absolute Gasteiger partial charge is 0.194 e. The highest BCUT2D eigenvalue weighted by atomic mass is 15.1. The van der Waals surface area contributed by atoms with Gasteiger partial charge in [-0.2, -0.15) is 10.2 Å². The van der Waals surface area contributed by atoms with Crippen molar-refractivity contribution in [3.63, 3.8) is 0 Å². The van der Waals surface area contributed by atoms with E-state index in [9.17, 15) is 0 Å². The third kappa shape index (κ3) is 2.05. The molecule has 46 valence electrons. The maximum Gasteiger partial charge on any atom is 0.0709 e. The molecule has 0 amide bonds. The molecule has 1 saturated carbocycles. The van der Waals surface area contributed by atoms with Crippen LogP contribution in [0.2, 0.25) is 0 Å². The van der Waals surface area contributed by atoms with Crippen molar-refractivity contribution < 1.29 is 0 Å². The lowest BCUT2D eigenvalue weighted by molar-refractivity contribution is 0.811. The summed E-state index contributed by atoms with van der Waals surface area (Å²) in [5, 5.41) is 8.03. The van der Waals surface area contributed by atoms with Crippen molar-refractivity contribution in [1.29, 1.82) is 0 Å². The highest BCUT2D eigenvalue weighted by Gasteiger charge is 2.19. The van der Waals surface area contributed by atoms with Crippen LogP contribution in [0.5, 0.6) is 0 Å². The van der Waals surface area contributed by atoms with Gasteiger partial charge in [0.2, 0.25) is 0 Å². The van der Waals surface area contributed by atoms with Crippen LogP contribution in [0.3, 0.4) is 0 Å². The lowest BCUT2D eigenvalue weighted by Gasteiger charge is -1.81. The van der Waals surface area contributed by atoms with Gasteiger partial charge in [0.15, 0.2) is 0 Å². The van der Waals surface area contributed by atoms with Gasteiger partial charge in [-0.25, -0.2) is 0 Å². The fourth-order valence-corrected chi connectivity index (χ4v) is 0.463. The van der Waals surface area contributed by atoms with Gasteiger partial charge in [0.25, 0.3) is 0 Å². The van der Waals surface area contributed by atoms with Crippen LogP contribution >= 0.6 is 0 Å². The average molecular weight is 112 g/mol. The zero-order valence-corrected chi connectivity index (χ0v) is 5.30. The summed E-state index contributed by atoms with van der Waals surface area (Å²) in [4.78, 5) is 0. The topological polar surface area (TPSA) is 24.7 Å². The summed E-state index contributed by atoms with van der Waals surface area (Å²) < 4.78 is 0. The lowest BCUT2D eigenvalue weighted by atomic mass is 10.5. The Morgan fingerprint density at radius 1 is 1.50 bits per heavy atom. The highest BCUT2D eigenvalue weighted by Crippen LogP contribution is 2.23. The second-order valence-electron chi connectivity index (χ2n) is 2.21. The zero-order valence-electron chi connectivity index (χ0n) is 5.30. The van der Waals surface area contributed by atoms with Crippen molar-refractivity contribution in [2.45, 2.75) is 32.2 Å². The summed E-state index contributed by atoms with van der Waals surface area (Å²) in [6.45, 7) is 3.03. The number of rotatable bonds is 3. The number of nitrogens with zero attached hydrogens (tertiary/aromatic N) is 2. The number of hydrogen-bond donors (Lipinski definition) is 0. The molecule has 2 nitrogen and oxygen atoms in total. The monoisotopic (exact) mass is 112 g/mol. The third-order valence-electron chi connectivity index (χ3n) is 1.12. The molecule has 1 aliphatic carbocycles. The summed E-state index contributed by atoms with van der Waals surface area (Å²) in [5.74, 6) is 0. The van der Waals surface area contributed by atoms with E-state index in [1.807, 2.05) is 0 Å². The van der Waals surface area contributed by atoms with Crippen molar-refractivity contribution in [2.24, 2.45) is 10.2 Å². The Morgan fingerprint density at radius 3 is 2.75 bits per heavy atom. The molecule has 0 radical (unpaired) electrons. The van der Waals surface area contributed by atoms with Gasteiger partial charge in [-0.05, 0) is 19.3 Å². The van der Waals surface area contributed by atoms with Gasteiger partial charge < -0.3 is 0 Å². The summed E-state index contributed by atoms with van der Waals surface area (Å²) in [6, 6.07) is 0.613. The molecule has 0 heterocycles. The molecule has 0 bridgehead atoms. The quantitative estimate of drug-likeness (QED) is 0.499. The molecular formula is C6H12N2. The minimum atomic E-state index is 0.613. The van der Waals surface area contributed by atoms with Crippen LogP contribution in [0.4, 0.5) is 0 Å². The van der Waals surface area contributed by atoms with E-state index < -0.39 is 0 Å². The zero-order chi connectivity index (χ0) is 5.82. The first-order valence-electron chi connectivity index (χ1n) is 3.30. The van der Waals surface area contributed by atoms with E-state index >= 15 is 0 Å². The number of azo groups is 1. The Kier molecular flexibility index (Phi) is 2.00. The molecule has 1 fully saturated rings. The molecule has 0 aromatic rings. The highest BCUT2D eigenvalue weighted by molar-refractivity contribution is 4.78. The molecule has 2 heteroatoms. The van der Waals surface area contributed by atoms with Crippen LogP contribution in [0, 0.1) is 0 Å². The number of hydrogen-bond acceptors (Lipinski definition) is 2. The molecule has 8 heavy (non-hydrogen) atoms. The van der Waals surface area contributed by atoms with Gasteiger partial charge in [0.1, 0.15) is 0 Å². The van der Waals surface area contributed by atoms with E-state index in [-0.39, 0.29) is 0 Å². The Balaban J connectivity index is 1.96. The maximum absolute atomic E-state index is 4.05. The van der Waals surface area contributed by atoms with E-state index in [1.165, 1.54) is 12.8 Å². The third-order valence-corrected chi connectivity index (χ3v) is 1.12. The van der Waals surface area contributed by atoms with Gasteiger partial charge in [-0.1, -0.05) is 6.92 Å². The van der Waals surface area contributed by atoms with E-state index in [0.29, 0.717) is 6.04 Å². The van der Waals surface area contributed by atoms with Crippen LogP contribution < -0.4 is 0 Å². The molecule has 0 spiro atoms. The molecular weight excluding hydrogens is 100 g/mol. The molecule has 0 aromatic carbocycles. The molecule has 1 aliphatic rings. The van der Waals surface area contributed by atoms with Crippen molar-refractivity contribution >= 4 is 0 Å². The first kappa shape index (κ1) is 5.73. The average Bonchev–Trinajstić information content (AvgIpc) is 2.51. The fraction of sp³-hybridized carbons (Fsp3) is 1.00. The van der Waals surface area contributed by atoms with E-state index in [0.717, 1.165) is 13.0 Å². The van der Waals surface area contributed by atoms with Crippen LogP contribution in [0.1, 0.15) is 26.2 Å². The van der Waals surface area contributed by atoms with Crippen molar-refractivity contribution in [3.05, 3.63) is 0 Å². The predicted octanol–water partition coefficient (Wildman–Crippen LogP) is 2.01. The molecule has 0 aromatic heterocycles. The first-order valence-corrected chi connectivity index (χ1v) is 3.30. The minimum absolute atomic E-state index is 0.613. The van der Waals surface area contributed by atoms with Crippen LogP contribution in [0.15, 0.2) is 10.2 Å². The van der Waals surface area contributed by atoms with E-state index in [1.54, 1.807) is 0 Å². The predicted molar refractivity (Wildman–Crippen MR) is 33.0 cm³/mol. The van der Waals surface area contributed by atoms with Gasteiger partial charge in [0.05, 0.1) is 12.6 Å². The maximum atomic E-state index is 4.05. The standard InChI is InChI=1S/C6H12N2/c1-2-5-7-8-6-3-4-6/h6H,2-5H2,1H3. The Morgan fingerprint density at radius 2 is 2.25 bits per heavy atom. The second kappa shape index (κ2) is 2.80. The van der Waals surface area contributed by atoms with Crippen molar-refractivity contribution in [3.8, 4) is 0 Å². The van der Waals surface area contributed by atoms with Gasteiger partial charge in [0, 0.05) is 0 Å². The first-order chi connectivity index (χ1) is 3.93. The van der Waals surface area contributed by atoms with Crippen LogP contribution in [-0.4, -0.2) is 12.6 Å².